The van der Waals surface area contributed by atoms with Crippen LogP contribution in [0.25, 0.3) is 0 Å². The van der Waals surface area contributed by atoms with Crippen molar-refractivity contribution in [2.45, 2.75) is 65.3 Å². The van der Waals surface area contributed by atoms with Crippen molar-refractivity contribution in [1.29, 1.82) is 0 Å². The van der Waals surface area contributed by atoms with Gasteiger partial charge >= 0.3 is 19.2 Å². The lowest BCUT2D eigenvalue weighted by molar-refractivity contribution is 0.00578. The maximum atomic E-state index is 12.4. The third-order valence-corrected chi connectivity index (χ3v) is 6.01. The average Bonchev–Trinajstić information content (AvgIpc) is 2.93. The molecule has 0 atom stereocenters. The minimum Gasteiger partial charge on any atom is -0.464 e. The zero-order chi connectivity index (χ0) is 23.9. The number of ether oxygens (including phenoxy) is 2. The van der Waals surface area contributed by atoms with Crippen LogP contribution in [0, 0.1) is 0 Å². The van der Waals surface area contributed by atoms with Crippen LogP contribution in [0.4, 0.5) is 10.6 Å². The van der Waals surface area contributed by atoms with E-state index in [9.17, 15) is 9.59 Å². The van der Waals surface area contributed by atoms with Gasteiger partial charge in [0.05, 0.1) is 18.3 Å². The van der Waals surface area contributed by atoms with Crippen LogP contribution in [0.3, 0.4) is 0 Å². The number of carbonyl (C=O) groups is 2. The van der Waals surface area contributed by atoms with Crippen LogP contribution < -0.4 is 10.4 Å². The number of pyridine rings is 1. The van der Waals surface area contributed by atoms with Crippen LogP contribution in [-0.4, -0.2) is 79.2 Å². The van der Waals surface area contributed by atoms with E-state index >= 15 is 0 Å². The van der Waals surface area contributed by atoms with Gasteiger partial charge in [-0.05, 0) is 66.1 Å². The first-order valence-corrected chi connectivity index (χ1v) is 10.9. The molecule has 0 bridgehead atoms. The second-order valence-corrected chi connectivity index (χ2v) is 10.2. The number of hydrogen-bond acceptors (Lipinski definition) is 8. The van der Waals surface area contributed by atoms with E-state index in [0.29, 0.717) is 37.5 Å². The van der Waals surface area contributed by atoms with Gasteiger partial charge in [0.25, 0.3) is 0 Å². The number of anilines is 1. The highest BCUT2D eigenvalue weighted by Crippen LogP contribution is 2.36. The van der Waals surface area contributed by atoms with Crippen molar-refractivity contribution in [3.8, 4) is 0 Å². The zero-order valence-corrected chi connectivity index (χ0v) is 20.4. The van der Waals surface area contributed by atoms with E-state index in [1.165, 1.54) is 7.11 Å². The second kappa shape index (κ2) is 8.55. The second-order valence-electron chi connectivity index (χ2n) is 10.2. The smallest absolute Gasteiger partial charge is 0.464 e. The summed E-state index contributed by atoms with van der Waals surface area (Å²) < 4.78 is 22.7. The van der Waals surface area contributed by atoms with E-state index in [4.69, 9.17) is 18.8 Å². The normalized spacial score (nSPS) is 20.3. The van der Waals surface area contributed by atoms with E-state index in [1.807, 2.05) is 59.4 Å². The summed E-state index contributed by atoms with van der Waals surface area (Å²) in [6.07, 6.45) is -0.327. The molecule has 2 aliphatic rings. The standard InChI is InChI=1S/C22H34BN3O6/c1-20(2,3)30-19(28)26-11-9-25(10-12-26)17-14-15(13-16(24-17)18(27)29-8)23-31-21(4,5)22(6,7)32-23/h13-14H,9-12H2,1-8H3. The Bertz CT molecular complexity index is 859. The fraction of sp³-hybridized carbons (Fsp3) is 0.682. The summed E-state index contributed by atoms with van der Waals surface area (Å²) in [6.45, 7) is 15.5. The minimum absolute atomic E-state index is 0.185. The summed E-state index contributed by atoms with van der Waals surface area (Å²) in [6, 6.07) is 3.52. The predicted molar refractivity (Wildman–Crippen MR) is 121 cm³/mol. The van der Waals surface area contributed by atoms with Crippen LogP contribution in [0.15, 0.2) is 12.1 Å². The van der Waals surface area contributed by atoms with E-state index in [2.05, 4.69) is 4.98 Å². The molecule has 3 rings (SSSR count). The Morgan fingerprint density at radius 2 is 1.59 bits per heavy atom. The quantitative estimate of drug-likeness (QED) is 0.515. The van der Waals surface area contributed by atoms with Gasteiger partial charge in [0.1, 0.15) is 17.1 Å². The Morgan fingerprint density at radius 3 is 2.09 bits per heavy atom. The monoisotopic (exact) mass is 447 g/mol. The molecule has 1 amide bonds. The molecular formula is C22H34BN3O6. The number of esters is 1. The third kappa shape index (κ3) is 5.18. The molecular weight excluding hydrogens is 413 g/mol. The topological polar surface area (TPSA) is 90.4 Å². The number of piperazine rings is 1. The predicted octanol–water partition coefficient (Wildman–Crippen LogP) is 2.22. The molecule has 0 spiro atoms. The van der Waals surface area contributed by atoms with Gasteiger partial charge in [-0.3, -0.25) is 0 Å². The Labute approximate surface area is 190 Å². The summed E-state index contributed by atoms with van der Waals surface area (Å²) >= 11 is 0. The van der Waals surface area contributed by atoms with Crippen molar-refractivity contribution in [1.82, 2.24) is 9.88 Å². The highest BCUT2D eigenvalue weighted by atomic mass is 16.7. The van der Waals surface area contributed by atoms with Crippen LogP contribution in [0.5, 0.6) is 0 Å². The van der Waals surface area contributed by atoms with Gasteiger partial charge in [-0.1, -0.05) is 0 Å². The fourth-order valence-electron chi connectivity index (χ4n) is 3.47. The summed E-state index contributed by atoms with van der Waals surface area (Å²) in [7, 11) is 0.693. The molecule has 1 aromatic heterocycles. The molecule has 3 heterocycles. The molecule has 176 valence electrons. The van der Waals surface area contributed by atoms with Crippen molar-refractivity contribution < 1.29 is 28.4 Å². The van der Waals surface area contributed by atoms with Crippen molar-refractivity contribution in [3.05, 3.63) is 17.8 Å². The molecule has 2 fully saturated rings. The lowest BCUT2D eigenvalue weighted by Gasteiger charge is -2.36. The molecule has 9 nitrogen and oxygen atoms in total. The Morgan fingerprint density at radius 1 is 1.03 bits per heavy atom. The van der Waals surface area contributed by atoms with Crippen molar-refractivity contribution in [2.24, 2.45) is 0 Å². The highest BCUT2D eigenvalue weighted by Gasteiger charge is 2.52. The van der Waals surface area contributed by atoms with Crippen molar-refractivity contribution in [2.75, 3.05) is 38.2 Å². The Hall–Kier alpha value is -2.33. The first kappa shape index (κ1) is 24.3. The average molecular weight is 447 g/mol. The van der Waals surface area contributed by atoms with E-state index < -0.39 is 29.9 Å². The molecule has 2 saturated heterocycles. The van der Waals surface area contributed by atoms with Crippen molar-refractivity contribution >= 4 is 30.5 Å². The lowest BCUT2D eigenvalue weighted by atomic mass is 9.79. The van der Waals surface area contributed by atoms with Crippen molar-refractivity contribution in [3.63, 3.8) is 0 Å². The van der Waals surface area contributed by atoms with Gasteiger partial charge < -0.3 is 28.6 Å². The Balaban J connectivity index is 1.81. The number of carbonyl (C=O) groups excluding carboxylic acids is 2. The number of hydrogen-bond donors (Lipinski definition) is 0. The number of amides is 1. The van der Waals surface area contributed by atoms with E-state index in [1.54, 1.807) is 11.0 Å². The van der Waals surface area contributed by atoms with Gasteiger partial charge in [-0.25, -0.2) is 14.6 Å². The molecule has 0 saturated carbocycles. The van der Waals surface area contributed by atoms with Gasteiger partial charge in [-0.15, -0.1) is 0 Å². The highest BCUT2D eigenvalue weighted by molar-refractivity contribution is 6.62. The molecule has 32 heavy (non-hydrogen) atoms. The molecule has 0 unspecified atom stereocenters. The maximum Gasteiger partial charge on any atom is 0.495 e. The van der Waals surface area contributed by atoms with Gasteiger partial charge in [0.2, 0.25) is 0 Å². The zero-order valence-electron chi connectivity index (χ0n) is 20.4. The molecule has 1 aromatic rings. The van der Waals surface area contributed by atoms with Gasteiger partial charge in [0, 0.05) is 26.2 Å². The third-order valence-electron chi connectivity index (χ3n) is 6.01. The van der Waals surface area contributed by atoms with E-state index in [-0.39, 0.29) is 11.8 Å². The molecule has 0 radical (unpaired) electrons. The summed E-state index contributed by atoms with van der Waals surface area (Å²) in [4.78, 5) is 32.9. The molecule has 0 N–H and O–H groups in total. The van der Waals surface area contributed by atoms with Crippen LogP contribution in [-0.2, 0) is 18.8 Å². The van der Waals surface area contributed by atoms with Gasteiger partial charge in [0.15, 0.2) is 0 Å². The summed E-state index contributed by atoms with van der Waals surface area (Å²) in [5.74, 6) is 0.0819. The molecule has 10 heteroatoms. The van der Waals surface area contributed by atoms with E-state index in [0.717, 1.165) is 0 Å². The first-order valence-electron chi connectivity index (χ1n) is 10.9. The summed E-state index contributed by atoms with van der Waals surface area (Å²) in [5.41, 5.74) is -0.674. The largest absolute Gasteiger partial charge is 0.495 e. The maximum absolute atomic E-state index is 12.4. The number of methoxy groups -OCH3 is 1. The minimum atomic E-state index is -0.631. The SMILES string of the molecule is COC(=O)c1cc(B2OC(C)(C)C(C)(C)O2)cc(N2CCN(C(=O)OC(C)(C)C)CC2)n1. The molecule has 0 aliphatic carbocycles. The van der Waals surface area contributed by atoms with Crippen LogP contribution >= 0.6 is 0 Å². The first-order chi connectivity index (χ1) is 14.7. The van der Waals surface area contributed by atoms with Gasteiger partial charge in [-0.2, -0.15) is 0 Å². The number of nitrogens with zero attached hydrogens (tertiary/aromatic N) is 3. The number of rotatable bonds is 3. The molecule has 0 aromatic carbocycles. The fourth-order valence-corrected chi connectivity index (χ4v) is 3.47. The van der Waals surface area contributed by atoms with Crippen LogP contribution in [0.2, 0.25) is 0 Å². The Kier molecular flexibility index (Phi) is 6.50. The summed E-state index contributed by atoms with van der Waals surface area (Å²) in [5, 5.41) is 0. The number of aromatic nitrogens is 1. The molecule has 2 aliphatic heterocycles. The van der Waals surface area contributed by atoms with Crippen LogP contribution in [0.1, 0.15) is 59.0 Å². The lowest BCUT2D eigenvalue weighted by Crippen LogP contribution is -2.50.